The number of halogens is 1. The van der Waals surface area contributed by atoms with E-state index < -0.39 is 11.5 Å². The second kappa shape index (κ2) is 3.49. The van der Waals surface area contributed by atoms with Crippen LogP contribution in [-0.4, -0.2) is 21.1 Å². The van der Waals surface area contributed by atoms with E-state index in [1.807, 2.05) is 0 Å². The van der Waals surface area contributed by atoms with Crippen LogP contribution in [0.2, 0.25) is 0 Å². The van der Waals surface area contributed by atoms with E-state index in [2.05, 4.69) is 9.59 Å². The van der Waals surface area contributed by atoms with Gasteiger partial charge in [-0.3, -0.25) is 4.79 Å². The normalized spacial score (nSPS) is 12.5. The Hall–Kier alpha value is -0.880. The maximum atomic E-state index is 10.3. The van der Waals surface area contributed by atoms with Gasteiger partial charge in [0, 0.05) is 0 Å². The fourth-order valence-electron chi connectivity index (χ4n) is 0.371. The van der Waals surface area contributed by atoms with E-state index in [0.29, 0.717) is 0 Å². The van der Waals surface area contributed by atoms with Gasteiger partial charge in [-0.2, -0.15) is 0 Å². The SMILES string of the molecule is NC(=O)C(Cl)Oc1csnn1. The molecule has 1 amide bonds. The van der Waals surface area contributed by atoms with Crippen molar-refractivity contribution in [2.45, 2.75) is 5.56 Å². The van der Waals surface area contributed by atoms with Crippen LogP contribution in [0.4, 0.5) is 0 Å². The summed E-state index contributed by atoms with van der Waals surface area (Å²) in [6.45, 7) is 0. The van der Waals surface area contributed by atoms with Gasteiger partial charge in [0.15, 0.2) is 0 Å². The van der Waals surface area contributed by atoms with Crippen molar-refractivity contribution in [1.82, 2.24) is 9.59 Å². The van der Waals surface area contributed by atoms with Gasteiger partial charge >= 0.3 is 0 Å². The van der Waals surface area contributed by atoms with Crippen molar-refractivity contribution < 1.29 is 9.53 Å². The van der Waals surface area contributed by atoms with Gasteiger partial charge in [-0.05, 0) is 11.5 Å². The number of nitrogens with two attached hydrogens (primary N) is 1. The fraction of sp³-hybridized carbons (Fsp3) is 0.250. The molecule has 0 bridgehead atoms. The minimum atomic E-state index is -1.18. The lowest BCUT2D eigenvalue weighted by Crippen LogP contribution is -2.28. The summed E-state index contributed by atoms with van der Waals surface area (Å²) in [5.41, 5.74) is 3.63. The molecule has 1 aromatic heterocycles. The lowest BCUT2D eigenvalue weighted by Gasteiger charge is -2.03. The summed E-state index contributed by atoms with van der Waals surface area (Å²) in [4.78, 5) is 10.3. The van der Waals surface area contributed by atoms with E-state index in [9.17, 15) is 4.79 Å². The van der Waals surface area contributed by atoms with Crippen LogP contribution in [0.15, 0.2) is 5.38 Å². The van der Waals surface area contributed by atoms with Gasteiger partial charge in [0.25, 0.3) is 11.5 Å². The molecule has 0 spiro atoms. The molecule has 7 heteroatoms. The number of rotatable bonds is 3. The van der Waals surface area contributed by atoms with Crippen LogP contribution in [-0.2, 0) is 4.79 Å². The first-order valence-electron chi connectivity index (χ1n) is 2.57. The highest BCUT2D eigenvalue weighted by atomic mass is 35.5. The molecule has 0 saturated carbocycles. The number of carbonyl (C=O) groups excluding carboxylic acids is 1. The molecule has 0 aromatic carbocycles. The molecule has 2 N–H and O–H groups in total. The Morgan fingerprint density at radius 2 is 2.64 bits per heavy atom. The standard InChI is InChI=1S/C4H4ClN3O2S/c5-3(4(6)9)10-2-1-11-8-7-2/h1,3H,(H2,6,9). The minimum Gasteiger partial charge on any atom is -0.446 e. The van der Waals surface area contributed by atoms with Gasteiger partial charge < -0.3 is 10.5 Å². The zero-order chi connectivity index (χ0) is 8.27. The third kappa shape index (κ3) is 2.32. The summed E-state index contributed by atoms with van der Waals surface area (Å²) >= 11 is 6.44. The number of hydrogen-bond acceptors (Lipinski definition) is 5. The number of amides is 1. The van der Waals surface area contributed by atoms with E-state index in [-0.39, 0.29) is 5.88 Å². The number of primary amides is 1. The quantitative estimate of drug-likeness (QED) is 0.684. The minimum absolute atomic E-state index is 0.203. The Balaban J connectivity index is 2.50. The summed E-state index contributed by atoms with van der Waals surface area (Å²) in [5.74, 6) is -0.548. The molecule has 0 aliphatic carbocycles. The molecule has 60 valence electrons. The van der Waals surface area contributed by atoms with Crippen molar-refractivity contribution in [1.29, 1.82) is 0 Å². The van der Waals surface area contributed by atoms with Gasteiger partial charge in [-0.1, -0.05) is 21.2 Å². The first-order valence-corrected chi connectivity index (χ1v) is 3.84. The number of ether oxygens (including phenoxy) is 1. The number of aromatic nitrogens is 2. The molecule has 1 unspecified atom stereocenters. The highest BCUT2D eigenvalue weighted by Crippen LogP contribution is 2.10. The average Bonchev–Trinajstić information content (AvgIpc) is 2.39. The number of hydrogen-bond donors (Lipinski definition) is 1. The van der Waals surface area contributed by atoms with Crippen molar-refractivity contribution >= 4 is 29.0 Å². The van der Waals surface area contributed by atoms with Crippen molar-refractivity contribution in [3.63, 3.8) is 0 Å². The van der Waals surface area contributed by atoms with Crippen LogP contribution >= 0.6 is 23.1 Å². The monoisotopic (exact) mass is 193 g/mol. The Morgan fingerprint density at radius 1 is 1.91 bits per heavy atom. The van der Waals surface area contributed by atoms with Gasteiger partial charge in [-0.15, -0.1) is 0 Å². The van der Waals surface area contributed by atoms with Crippen molar-refractivity contribution in [3.05, 3.63) is 5.38 Å². The van der Waals surface area contributed by atoms with Crippen LogP contribution < -0.4 is 10.5 Å². The van der Waals surface area contributed by atoms with Gasteiger partial charge in [0.2, 0.25) is 5.88 Å². The lowest BCUT2D eigenvalue weighted by molar-refractivity contribution is -0.121. The molecule has 0 aliphatic heterocycles. The third-order valence-electron chi connectivity index (χ3n) is 0.788. The molecule has 0 fully saturated rings. The van der Waals surface area contributed by atoms with Crippen LogP contribution in [0.25, 0.3) is 0 Å². The summed E-state index contributed by atoms with van der Waals surface area (Å²) in [5, 5.41) is 5.00. The molecule has 0 aliphatic rings. The number of nitrogens with zero attached hydrogens (tertiary/aromatic N) is 2. The van der Waals surface area contributed by atoms with Crippen molar-refractivity contribution in [2.24, 2.45) is 5.73 Å². The van der Waals surface area contributed by atoms with E-state index in [0.717, 1.165) is 11.5 Å². The highest BCUT2D eigenvalue weighted by Gasteiger charge is 2.13. The molecular formula is C4H4ClN3O2S. The zero-order valence-corrected chi connectivity index (χ0v) is 6.80. The Bertz CT molecular complexity index is 239. The highest BCUT2D eigenvalue weighted by molar-refractivity contribution is 7.03. The molecular weight excluding hydrogens is 190 g/mol. The van der Waals surface area contributed by atoms with E-state index in [4.69, 9.17) is 22.1 Å². The second-order valence-electron chi connectivity index (χ2n) is 1.58. The predicted octanol–water partition coefficient (Wildman–Crippen LogP) is -0.0329. The first kappa shape index (κ1) is 8.22. The third-order valence-corrected chi connectivity index (χ3v) is 1.58. The van der Waals surface area contributed by atoms with E-state index in [1.165, 1.54) is 5.38 Å². The maximum Gasteiger partial charge on any atom is 0.274 e. The number of carbonyl (C=O) groups is 1. The molecule has 1 heterocycles. The second-order valence-corrected chi connectivity index (χ2v) is 2.59. The van der Waals surface area contributed by atoms with Crippen LogP contribution in [0.1, 0.15) is 0 Å². The largest absolute Gasteiger partial charge is 0.446 e. The summed E-state index contributed by atoms with van der Waals surface area (Å²) < 4.78 is 8.23. The summed E-state index contributed by atoms with van der Waals surface area (Å²) in [6, 6.07) is 0. The lowest BCUT2D eigenvalue weighted by atomic mass is 10.7. The molecule has 1 rings (SSSR count). The Labute approximate surface area is 71.3 Å². The predicted molar refractivity (Wildman–Crippen MR) is 39.4 cm³/mol. The van der Waals surface area contributed by atoms with Crippen molar-refractivity contribution in [3.8, 4) is 5.88 Å². The fourth-order valence-corrected chi connectivity index (χ4v) is 0.830. The van der Waals surface area contributed by atoms with Gasteiger partial charge in [-0.25, -0.2) is 0 Å². The smallest absolute Gasteiger partial charge is 0.274 e. The topological polar surface area (TPSA) is 78.1 Å². The van der Waals surface area contributed by atoms with Crippen molar-refractivity contribution in [2.75, 3.05) is 0 Å². The van der Waals surface area contributed by atoms with Gasteiger partial charge in [0.1, 0.15) is 0 Å². The molecule has 11 heavy (non-hydrogen) atoms. The molecule has 1 aromatic rings. The van der Waals surface area contributed by atoms with Gasteiger partial charge in [0.05, 0.1) is 5.38 Å². The van der Waals surface area contributed by atoms with E-state index >= 15 is 0 Å². The average molecular weight is 194 g/mol. The Morgan fingerprint density at radius 3 is 3.09 bits per heavy atom. The van der Waals surface area contributed by atoms with Crippen LogP contribution in [0.3, 0.4) is 0 Å². The summed E-state index contributed by atoms with van der Waals surface area (Å²) in [7, 11) is 0. The summed E-state index contributed by atoms with van der Waals surface area (Å²) in [6.07, 6.45) is 0. The molecule has 5 nitrogen and oxygen atoms in total. The molecule has 0 radical (unpaired) electrons. The van der Waals surface area contributed by atoms with Crippen LogP contribution in [0, 0.1) is 0 Å². The van der Waals surface area contributed by atoms with E-state index in [1.54, 1.807) is 0 Å². The Kier molecular flexibility index (Phi) is 2.61. The van der Waals surface area contributed by atoms with Crippen LogP contribution in [0.5, 0.6) is 5.88 Å². The molecule has 1 atom stereocenters. The zero-order valence-electron chi connectivity index (χ0n) is 5.23. The first-order chi connectivity index (χ1) is 5.20. The maximum absolute atomic E-state index is 10.3. The molecule has 0 saturated heterocycles. The number of alkyl halides is 1.